The molecule has 2 aromatic rings. The summed E-state index contributed by atoms with van der Waals surface area (Å²) >= 11 is 6.09. The van der Waals surface area contributed by atoms with Crippen molar-refractivity contribution in [2.75, 3.05) is 32.1 Å². The van der Waals surface area contributed by atoms with E-state index in [-0.39, 0.29) is 15.5 Å². The predicted octanol–water partition coefficient (Wildman–Crippen LogP) is 2.51. The van der Waals surface area contributed by atoms with Gasteiger partial charge in [-0.15, -0.1) is 0 Å². The van der Waals surface area contributed by atoms with Crippen molar-refractivity contribution in [1.29, 1.82) is 0 Å². The number of hydrogen-bond donors (Lipinski definition) is 2. The molecular weight excluding hydrogens is 428 g/mol. The van der Waals surface area contributed by atoms with E-state index in [1.807, 2.05) is 25.1 Å². The lowest BCUT2D eigenvalue weighted by Crippen LogP contribution is -2.41. The van der Waals surface area contributed by atoms with Gasteiger partial charge in [0.25, 0.3) is 11.8 Å². The predicted molar refractivity (Wildman–Crippen MR) is 117 cm³/mol. The number of nitrogens with one attached hydrogen (secondary N) is 2. The van der Waals surface area contributed by atoms with Gasteiger partial charge in [0, 0.05) is 38.4 Å². The van der Waals surface area contributed by atoms with E-state index in [0.717, 1.165) is 5.69 Å². The third-order valence-electron chi connectivity index (χ3n) is 4.44. The summed E-state index contributed by atoms with van der Waals surface area (Å²) in [6, 6.07) is 10.7. The first-order chi connectivity index (χ1) is 14.1. The summed E-state index contributed by atoms with van der Waals surface area (Å²) in [6.07, 6.45) is 0. The van der Waals surface area contributed by atoms with Crippen molar-refractivity contribution in [3.05, 3.63) is 58.6 Å². The van der Waals surface area contributed by atoms with Crippen molar-refractivity contribution < 1.29 is 18.0 Å². The van der Waals surface area contributed by atoms with Gasteiger partial charge in [0.15, 0.2) is 0 Å². The molecule has 0 heterocycles. The minimum absolute atomic E-state index is 0.0502. The summed E-state index contributed by atoms with van der Waals surface area (Å²) in [5, 5.41) is 0.0647. The summed E-state index contributed by atoms with van der Waals surface area (Å²) in [7, 11) is -0.0640. The topological polar surface area (TPSA) is 98.8 Å². The number of carbonyl (C=O) groups is 2. The first-order valence-corrected chi connectivity index (χ1v) is 11.1. The highest BCUT2D eigenvalue weighted by Gasteiger charge is 2.24. The number of hydrazine groups is 1. The van der Waals surface area contributed by atoms with E-state index in [4.69, 9.17) is 11.6 Å². The molecule has 0 aliphatic heterocycles. The van der Waals surface area contributed by atoms with Crippen LogP contribution < -0.4 is 15.8 Å². The van der Waals surface area contributed by atoms with Crippen LogP contribution in [0, 0.1) is 0 Å². The molecule has 30 heavy (non-hydrogen) atoms. The molecule has 0 saturated heterocycles. The molecule has 2 aromatic carbocycles. The molecule has 0 spiro atoms. The zero-order valence-electron chi connectivity index (χ0n) is 17.3. The molecule has 0 unspecified atom stereocenters. The highest BCUT2D eigenvalue weighted by atomic mass is 35.5. The first kappa shape index (κ1) is 23.7. The lowest BCUT2D eigenvalue weighted by atomic mass is 10.2. The van der Waals surface area contributed by atoms with E-state index in [9.17, 15) is 18.0 Å². The third-order valence-corrected chi connectivity index (χ3v) is 6.82. The molecule has 2 N–H and O–H groups in total. The van der Waals surface area contributed by atoms with Crippen molar-refractivity contribution in [1.82, 2.24) is 15.2 Å². The zero-order chi connectivity index (χ0) is 22.5. The van der Waals surface area contributed by atoms with Crippen molar-refractivity contribution >= 4 is 39.1 Å². The van der Waals surface area contributed by atoms with Crippen molar-refractivity contribution in [2.45, 2.75) is 18.7 Å². The Labute approximate surface area is 181 Å². The summed E-state index contributed by atoms with van der Waals surface area (Å²) in [6.45, 7) is 4.05. The molecule has 2 rings (SSSR count). The van der Waals surface area contributed by atoms with Gasteiger partial charge in [-0.2, -0.15) is 4.31 Å². The fourth-order valence-electron chi connectivity index (χ4n) is 2.73. The van der Waals surface area contributed by atoms with E-state index in [2.05, 4.69) is 10.9 Å². The number of hydrogen-bond acceptors (Lipinski definition) is 5. The van der Waals surface area contributed by atoms with Gasteiger partial charge in [0.05, 0.1) is 15.5 Å². The molecule has 162 valence electrons. The van der Waals surface area contributed by atoms with Gasteiger partial charge in [-0.3, -0.25) is 20.4 Å². The lowest BCUT2D eigenvalue weighted by Gasteiger charge is -2.19. The summed E-state index contributed by atoms with van der Waals surface area (Å²) in [5.74, 6) is -1.25. The largest absolute Gasteiger partial charge is 0.378 e. The maximum Gasteiger partial charge on any atom is 0.271 e. The van der Waals surface area contributed by atoms with Crippen LogP contribution in [0.15, 0.2) is 47.4 Å². The Hall–Kier alpha value is -2.62. The molecule has 0 atom stereocenters. The SMILES string of the molecule is CCN(CC)S(=O)(=O)c1ccc(Cl)c(C(=O)NNC(=O)c2cccc(N(C)C)c2)c1. The molecule has 2 amide bonds. The minimum Gasteiger partial charge on any atom is -0.378 e. The Morgan fingerprint density at radius 2 is 1.60 bits per heavy atom. The summed E-state index contributed by atoms with van der Waals surface area (Å²) in [5.41, 5.74) is 5.71. The van der Waals surface area contributed by atoms with Crippen LogP contribution in [0.4, 0.5) is 5.69 Å². The smallest absolute Gasteiger partial charge is 0.271 e. The average molecular weight is 453 g/mol. The second-order valence-electron chi connectivity index (χ2n) is 6.58. The second-order valence-corrected chi connectivity index (χ2v) is 8.93. The number of carbonyl (C=O) groups excluding carboxylic acids is 2. The number of benzene rings is 2. The van der Waals surface area contributed by atoms with E-state index in [1.54, 1.807) is 32.0 Å². The Bertz CT molecular complexity index is 1040. The Morgan fingerprint density at radius 1 is 0.967 bits per heavy atom. The minimum atomic E-state index is -3.76. The highest BCUT2D eigenvalue weighted by Crippen LogP contribution is 2.23. The lowest BCUT2D eigenvalue weighted by molar-refractivity contribution is 0.0846. The number of amides is 2. The number of nitrogens with zero attached hydrogens (tertiary/aromatic N) is 2. The monoisotopic (exact) mass is 452 g/mol. The number of sulfonamides is 1. The fourth-order valence-corrected chi connectivity index (χ4v) is 4.42. The standard InChI is InChI=1S/C20H25ClN4O4S/c1-5-25(6-2)30(28,29)16-10-11-18(21)17(13-16)20(27)23-22-19(26)14-8-7-9-15(12-14)24(3)4/h7-13H,5-6H2,1-4H3,(H,22,26)(H,23,27). The van der Waals surface area contributed by atoms with Gasteiger partial charge in [0.1, 0.15) is 0 Å². The van der Waals surface area contributed by atoms with Gasteiger partial charge in [-0.25, -0.2) is 8.42 Å². The molecule has 0 aliphatic rings. The molecule has 0 bridgehead atoms. The Morgan fingerprint density at radius 3 is 2.20 bits per heavy atom. The van der Waals surface area contributed by atoms with Crippen LogP contribution in [0.25, 0.3) is 0 Å². The molecular formula is C20H25ClN4O4S. The van der Waals surface area contributed by atoms with E-state index in [0.29, 0.717) is 18.7 Å². The summed E-state index contributed by atoms with van der Waals surface area (Å²) in [4.78, 5) is 26.7. The van der Waals surface area contributed by atoms with Gasteiger partial charge >= 0.3 is 0 Å². The normalized spacial score (nSPS) is 11.3. The maximum atomic E-state index is 12.7. The van der Waals surface area contributed by atoms with Gasteiger partial charge < -0.3 is 4.90 Å². The molecule has 0 fully saturated rings. The van der Waals surface area contributed by atoms with Crippen LogP contribution in [0.3, 0.4) is 0 Å². The summed E-state index contributed by atoms with van der Waals surface area (Å²) < 4.78 is 26.7. The number of rotatable bonds is 7. The highest BCUT2D eigenvalue weighted by molar-refractivity contribution is 7.89. The van der Waals surface area contributed by atoms with E-state index >= 15 is 0 Å². The van der Waals surface area contributed by atoms with Crippen molar-refractivity contribution in [2.24, 2.45) is 0 Å². The molecule has 0 aromatic heterocycles. The molecule has 0 radical (unpaired) electrons. The zero-order valence-corrected chi connectivity index (χ0v) is 18.8. The average Bonchev–Trinajstić information content (AvgIpc) is 2.72. The van der Waals surface area contributed by atoms with Crippen LogP contribution >= 0.6 is 11.6 Å². The van der Waals surface area contributed by atoms with Crippen molar-refractivity contribution in [3.8, 4) is 0 Å². The van der Waals surface area contributed by atoms with Gasteiger partial charge in [-0.1, -0.05) is 31.5 Å². The van der Waals surface area contributed by atoms with Crippen LogP contribution in [0.2, 0.25) is 5.02 Å². The molecule has 8 nitrogen and oxygen atoms in total. The molecule has 0 aliphatic carbocycles. The maximum absolute atomic E-state index is 12.7. The van der Waals surface area contributed by atoms with Crippen LogP contribution in [-0.4, -0.2) is 51.7 Å². The second kappa shape index (κ2) is 9.92. The van der Waals surface area contributed by atoms with E-state index in [1.165, 1.54) is 22.5 Å². The Balaban J connectivity index is 2.19. The van der Waals surface area contributed by atoms with Crippen LogP contribution in [0.1, 0.15) is 34.6 Å². The fraction of sp³-hybridized carbons (Fsp3) is 0.300. The van der Waals surface area contributed by atoms with Gasteiger partial charge in [-0.05, 0) is 36.4 Å². The first-order valence-electron chi connectivity index (χ1n) is 9.29. The number of halogens is 1. The Kier molecular flexibility index (Phi) is 7.83. The molecule has 10 heteroatoms. The third kappa shape index (κ3) is 5.29. The number of anilines is 1. The van der Waals surface area contributed by atoms with E-state index < -0.39 is 21.8 Å². The van der Waals surface area contributed by atoms with Crippen molar-refractivity contribution in [3.63, 3.8) is 0 Å². The molecule has 0 saturated carbocycles. The van der Waals surface area contributed by atoms with Crippen LogP contribution in [-0.2, 0) is 10.0 Å². The van der Waals surface area contributed by atoms with Gasteiger partial charge in [0.2, 0.25) is 10.0 Å². The quantitative estimate of drug-likeness (QED) is 0.629. The van der Waals surface area contributed by atoms with Crippen LogP contribution in [0.5, 0.6) is 0 Å².